The Bertz CT molecular complexity index is 527. The first-order chi connectivity index (χ1) is 10.8. The van der Waals surface area contributed by atoms with Crippen LogP contribution in [0.4, 0.5) is 0 Å². The van der Waals surface area contributed by atoms with Gasteiger partial charge in [0.1, 0.15) is 5.01 Å². The lowest BCUT2D eigenvalue weighted by molar-refractivity contribution is -0.209. The van der Waals surface area contributed by atoms with E-state index in [2.05, 4.69) is 30.7 Å². The molecular formula is C18H30N2O2S. The smallest absolute Gasteiger partial charge is 0.107 e. The van der Waals surface area contributed by atoms with Crippen molar-refractivity contribution in [2.24, 2.45) is 5.41 Å². The number of ether oxygens (including phenoxy) is 1. The summed E-state index contributed by atoms with van der Waals surface area (Å²) >= 11 is 1.84. The molecule has 1 saturated heterocycles. The van der Waals surface area contributed by atoms with Crippen molar-refractivity contribution in [1.29, 1.82) is 0 Å². The second kappa shape index (κ2) is 6.43. The highest BCUT2D eigenvalue weighted by Crippen LogP contribution is 2.51. The van der Waals surface area contributed by atoms with Gasteiger partial charge in [-0.1, -0.05) is 20.8 Å². The minimum atomic E-state index is -0.173. The van der Waals surface area contributed by atoms with Crippen LogP contribution in [0, 0.1) is 5.41 Å². The van der Waals surface area contributed by atoms with Gasteiger partial charge in [0.05, 0.1) is 18.8 Å². The van der Waals surface area contributed by atoms with Crippen molar-refractivity contribution in [3.8, 4) is 0 Å². The molecule has 0 unspecified atom stereocenters. The molecule has 23 heavy (non-hydrogen) atoms. The number of rotatable bonds is 4. The summed E-state index contributed by atoms with van der Waals surface area (Å²) in [5.74, 6) is 0. The van der Waals surface area contributed by atoms with Gasteiger partial charge in [-0.25, -0.2) is 4.98 Å². The van der Waals surface area contributed by atoms with Crippen LogP contribution in [0.5, 0.6) is 0 Å². The van der Waals surface area contributed by atoms with E-state index in [0.717, 1.165) is 45.5 Å². The Morgan fingerprint density at radius 2 is 2.09 bits per heavy atom. The molecule has 1 aromatic heterocycles. The fourth-order valence-corrected chi connectivity index (χ4v) is 4.88. The van der Waals surface area contributed by atoms with Crippen molar-refractivity contribution < 1.29 is 9.84 Å². The molecule has 1 aliphatic carbocycles. The molecule has 130 valence electrons. The summed E-state index contributed by atoms with van der Waals surface area (Å²) in [6.07, 6.45) is 5.01. The molecule has 1 aliphatic heterocycles. The molecule has 0 bridgehead atoms. The number of hydrogen-bond donors (Lipinski definition) is 1. The number of aromatic nitrogens is 1. The van der Waals surface area contributed by atoms with Crippen LogP contribution in [-0.4, -0.2) is 46.9 Å². The van der Waals surface area contributed by atoms with E-state index in [4.69, 9.17) is 4.74 Å². The predicted octanol–water partition coefficient (Wildman–Crippen LogP) is 3.19. The molecule has 0 radical (unpaired) electrons. The average Bonchev–Trinajstić information content (AvgIpc) is 2.97. The molecule has 0 amide bonds. The molecule has 1 N–H and O–H groups in total. The summed E-state index contributed by atoms with van der Waals surface area (Å²) in [6.45, 7) is 12.5. The van der Waals surface area contributed by atoms with Crippen molar-refractivity contribution in [3.63, 3.8) is 0 Å². The highest BCUT2D eigenvalue weighted by molar-refractivity contribution is 7.11. The molecule has 2 atom stereocenters. The standard InChI is InChI=1S/C18H30N2O2S/c1-5-22-14-10-13(21)18(14)6-8-20(9-7-18)12-16-19-11-15(23-16)17(2,3)4/h11,13-14,21H,5-10,12H2,1-4H3/t13-,14+/m0/s1. The van der Waals surface area contributed by atoms with E-state index in [0.29, 0.717) is 0 Å². The van der Waals surface area contributed by atoms with Crippen molar-refractivity contribution >= 4 is 11.3 Å². The highest BCUT2D eigenvalue weighted by Gasteiger charge is 2.55. The van der Waals surface area contributed by atoms with Crippen LogP contribution < -0.4 is 0 Å². The van der Waals surface area contributed by atoms with Gasteiger partial charge in [0.2, 0.25) is 0 Å². The van der Waals surface area contributed by atoms with Gasteiger partial charge in [-0.3, -0.25) is 4.90 Å². The van der Waals surface area contributed by atoms with Gasteiger partial charge in [-0.05, 0) is 38.3 Å². The molecule has 2 fully saturated rings. The lowest BCUT2D eigenvalue weighted by atomic mass is 9.58. The van der Waals surface area contributed by atoms with Crippen molar-refractivity contribution in [3.05, 3.63) is 16.1 Å². The predicted molar refractivity (Wildman–Crippen MR) is 93.8 cm³/mol. The van der Waals surface area contributed by atoms with E-state index in [9.17, 15) is 5.11 Å². The number of hydrogen-bond acceptors (Lipinski definition) is 5. The summed E-state index contributed by atoms with van der Waals surface area (Å²) in [5, 5.41) is 11.5. The van der Waals surface area contributed by atoms with Crippen molar-refractivity contribution in [1.82, 2.24) is 9.88 Å². The minimum absolute atomic E-state index is 0.0198. The Morgan fingerprint density at radius 1 is 1.39 bits per heavy atom. The van der Waals surface area contributed by atoms with Gasteiger partial charge >= 0.3 is 0 Å². The van der Waals surface area contributed by atoms with Gasteiger partial charge in [0.25, 0.3) is 0 Å². The molecule has 2 heterocycles. The zero-order valence-corrected chi connectivity index (χ0v) is 15.7. The Balaban J connectivity index is 1.56. The van der Waals surface area contributed by atoms with E-state index in [-0.39, 0.29) is 23.0 Å². The Kier molecular flexibility index (Phi) is 4.85. The van der Waals surface area contributed by atoms with E-state index in [1.807, 2.05) is 24.5 Å². The van der Waals surface area contributed by atoms with Crippen LogP contribution in [-0.2, 0) is 16.7 Å². The SMILES string of the molecule is CCO[C@@H]1C[C@H](O)C12CCN(Cc1ncc(C(C)(C)C)s1)CC2. The summed E-state index contributed by atoms with van der Waals surface area (Å²) in [7, 11) is 0. The van der Waals surface area contributed by atoms with Crippen LogP contribution in [0.25, 0.3) is 0 Å². The van der Waals surface area contributed by atoms with Crippen LogP contribution in [0.1, 0.15) is 56.8 Å². The van der Waals surface area contributed by atoms with Crippen LogP contribution in [0.15, 0.2) is 6.20 Å². The molecule has 5 heteroatoms. The quantitative estimate of drug-likeness (QED) is 0.916. The first-order valence-corrected chi connectivity index (χ1v) is 9.64. The van der Waals surface area contributed by atoms with Gasteiger partial charge in [-0.15, -0.1) is 11.3 Å². The number of nitrogens with zero attached hydrogens (tertiary/aromatic N) is 2. The van der Waals surface area contributed by atoms with Gasteiger partial charge in [0.15, 0.2) is 0 Å². The third-order valence-electron chi connectivity index (χ3n) is 5.55. The van der Waals surface area contributed by atoms with E-state index in [1.54, 1.807) is 0 Å². The lowest BCUT2D eigenvalue weighted by Gasteiger charge is -2.56. The summed E-state index contributed by atoms with van der Waals surface area (Å²) in [4.78, 5) is 8.44. The number of piperidine rings is 1. The molecular weight excluding hydrogens is 308 g/mol. The Morgan fingerprint density at radius 3 is 2.61 bits per heavy atom. The van der Waals surface area contributed by atoms with Gasteiger partial charge < -0.3 is 9.84 Å². The maximum absolute atomic E-state index is 10.3. The molecule has 1 aromatic rings. The van der Waals surface area contributed by atoms with Gasteiger partial charge in [-0.2, -0.15) is 0 Å². The fraction of sp³-hybridized carbons (Fsp3) is 0.833. The second-order valence-corrected chi connectivity index (χ2v) is 9.19. The lowest BCUT2D eigenvalue weighted by Crippen LogP contribution is -2.62. The van der Waals surface area contributed by atoms with Crippen molar-refractivity contribution in [2.75, 3.05) is 19.7 Å². The molecule has 4 nitrogen and oxygen atoms in total. The number of aliphatic hydroxyl groups is 1. The first kappa shape index (κ1) is 17.3. The first-order valence-electron chi connectivity index (χ1n) is 8.82. The molecule has 0 aromatic carbocycles. The zero-order valence-electron chi connectivity index (χ0n) is 14.8. The average molecular weight is 339 g/mol. The molecule has 1 saturated carbocycles. The van der Waals surface area contributed by atoms with Gasteiger partial charge in [0, 0.05) is 29.5 Å². The zero-order chi connectivity index (χ0) is 16.7. The van der Waals surface area contributed by atoms with Crippen LogP contribution in [0.3, 0.4) is 0 Å². The van der Waals surface area contributed by atoms with E-state index < -0.39 is 0 Å². The highest BCUT2D eigenvalue weighted by atomic mass is 32.1. The summed E-state index contributed by atoms with van der Waals surface area (Å²) < 4.78 is 5.85. The number of aliphatic hydroxyl groups excluding tert-OH is 1. The normalized spacial score (nSPS) is 28.0. The number of thiazole rings is 1. The van der Waals surface area contributed by atoms with Crippen LogP contribution in [0.2, 0.25) is 0 Å². The maximum Gasteiger partial charge on any atom is 0.107 e. The fourth-order valence-electron chi connectivity index (χ4n) is 3.87. The topological polar surface area (TPSA) is 45.6 Å². The molecule has 3 rings (SSSR count). The summed E-state index contributed by atoms with van der Waals surface area (Å²) in [6, 6.07) is 0. The Hall–Kier alpha value is -0.490. The molecule has 1 spiro atoms. The monoisotopic (exact) mass is 338 g/mol. The number of likely N-dealkylation sites (tertiary alicyclic amines) is 1. The second-order valence-electron chi connectivity index (χ2n) is 8.07. The van der Waals surface area contributed by atoms with Crippen LogP contribution >= 0.6 is 11.3 Å². The maximum atomic E-state index is 10.3. The third kappa shape index (κ3) is 3.34. The van der Waals surface area contributed by atoms with Crippen molar-refractivity contribution in [2.45, 2.75) is 71.1 Å². The largest absolute Gasteiger partial charge is 0.392 e. The minimum Gasteiger partial charge on any atom is -0.392 e. The summed E-state index contributed by atoms with van der Waals surface area (Å²) in [5.41, 5.74) is 0.203. The van der Waals surface area contributed by atoms with E-state index >= 15 is 0 Å². The molecule has 2 aliphatic rings. The third-order valence-corrected chi connectivity index (χ3v) is 6.96. The van der Waals surface area contributed by atoms with E-state index in [1.165, 1.54) is 9.88 Å². The Labute approximate surface area is 143 Å².